The third kappa shape index (κ3) is 4.39. The molecule has 1 saturated heterocycles. The number of hydrogen-bond acceptors (Lipinski definition) is 7. The molecule has 8 heteroatoms. The highest BCUT2D eigenvalue weighted by Gasteiger charge is 2.29. The predicted molar refractivity (Wildman–Crippen MR) is 95.2 cm³/mol. The molecular weight excluding hydrogens is 338 g/mol. The van der Waals surface area contributed by atoms with Crippen LogP contribution in [0.25, 0.3) is 0 Å². The van der Waals surface area contributed by atoms with Crippen LogP contribution in [0.15, 0.2) is 24.5 Å². The van der Waals surface area contributed by atoms with E-state index in [9.17, 15) is 4.79 Å². The number of ether oxygens (including phenoxy) is 1. The lowest BCUT2D eigenvalue weighted by Gasteiger charge is -2.33. The van der Waals surface area contributed by atoms with Gasteiger partial charge in [-0.3, -0.25) is 14.7 Å². The lowest BCUT2D eigenvalue weighted by molar-refractivity contribution is -0.128. The molecule has 0 spiro atoms. The zero-order valence-electron chi connectivity index (χ0n) is 14.5. The first-order valence-electron chi connectivity index (χ1n) is 8.47. The molecule has 2 aromatic heterocycles. The van der Waals surface area contributed by atoms with Crippen molar-refractivity contribution in [2.45, 2.75) is 32.4 Å². The Morgan fingerprint density at radius 2 is 2.20 bits per heavy atom. The van der Waals surface area contributed by atoms with Gasteiger partial charge in [-0.2, -0.15) is 0 Å². The van der Waals surface area contributed by atoms with Crippen molar-refractivity contribution in [1.82, 2.24) is 24.8 Å². The van der Waals surface area contributed by atoms with Crippen molar-refractivity contribution in [3.63, 3.8) is 0 Å². The van der Waals surface area contributed by atoms with E-state index in [-0.39, 0.29) is 11.9 Å². The topological polar surface area (TPSA) is 80.2 Å². The van der Waals surface area contributed by atoms with Gasteiger partial charge in [0.05, 0.1) is 30.3 Å². The van der Waals surface area contributed by atoms with Gasteiger partial charge in [0.2, 0.25) is 5.91 Å². The van der Waals surface area contributed by atoms with E-state index < -0.39 is 0 Å². The molecule has 7 nitrogen and oxygen atoms in total. The van der Waals surface area contributed by atoms with Crippen LogP contribution in [0.3, 0.4) is 0 Å². The fourth-order valence-corrected chi connectivity index (χ4v) is 3.68. The number of pyridine rings is 1. The Morgan fingerprint density at radius 3 is 2.88 bits per heavy atom. The number of hydrogen-bond donors (Lipinski definition) is 1. The number of nitrogens with one attached hydrogen (secondary N) is 1. The van der Waals surface area contributed by atoms with Crippen LogP contribution in [0.5, 0.6) is 0 Å². The summed E-state index contributed by atoms with van der Waals surface area (Å²) in [6.07, 6.45) is 3.48. The largest absolute Gasteiger partial charge is 0.379 e. The zero-order valence-corrected chi connectivity index (χ0v) is 15.3. The summed E-state index contributed by atoms with van der Waals surface area (Å²) in [5.41, 5.74) is 1.85. The molecule has 2 aromatic rings. The van der Waals surface area contributed by atoms with Crippen LogP contribution in [0, 0.1) is 0 Å². The minimum absolute atomic E-state index is 0.0296. The second-order valence-electron chi connectivity index (χ2n) is 6.29. The molecule has 25 heavy (non-hydrogen) atoms. The number of aromatic nitrogens is 3. The standard InChI is InChI=1S/C17H23N5O2S/c1-12(2)15-14(25-21-20-15)11-19-17(23)16(13-4-3-5-18-10-13)22-6-8-24-9-7-22/h3-5,10,12,16H,6-9,11H2,1-2H3,(H,19,23)/t16-/m1/s1. The Hall–Kier alpha value is -1.90. The minimum Gasteiger partial charge on any atom is -0.379 e. The first-order chi connectivity index (χ1) is 12.2. The summed E-state index contributed by atoms with van der Waals surface area (Å²) in [7, 11) is 0. The lowest BCUT2D eigenvalue weighted by atomic mass is 10.1. The van der Waals surface area contributed by atoms with Crippen molar-refractivity contribution in [3.05, 3.63) is 40.7 Å². The predicted octanol–water partition coefficient (Wildman–Crippen LogP) is 1.75. The summed E-state index contributed by atoms with van der Waals surface area (Å²) in [6.45, 7) is 7.34. The van der Waals surface area contributed by atoms with Crippen molar-refractivity contribution in [2.24, 2.45) is 0 Å². The summed E-state index contributed by atoms with van der Waals surface area (Å²) in [6, 6.07) is 3.45. The highest BCUT2D eigenvalue weighted by molar-refractivity contribution is 7.05. The molecule has 0 aliphatic carbocycles. The molecule has 134 valence electrons. The van der Waals surface area contributed by atoms with Crippen molar-refractivity contribution < 1.29 is 9.53 Å². The van der Waals surface area contributed by atoms with Gasteiger partial charge >= 0.3 is 0 Å². The summed E-state index contributed by atoms with van der Waals surface area (Å²) in [5, 5.41) is 7.22. The van der Waals surface area contributed by atoms with Gasteiger partial charge in [0.25, 0.3) is 0 Å². The molecule has 3 heterocycles. The molecule has 0 unspecified atom stereocenters. The van der Waals surface area contributed by atoms with Crippen molar-refractivity contribution in [2.75, 3.05) is 26.3 Å². The van der Waals surface area contributed by atoms with Crippen molar-refractivity contribution in [1.29, 1.82) is 0 Å². The normalized spacial score (nSPS) is 16.8. The smallest absolute Gasteiger partial charge is 0.242 e. The van der Waals surface area contributed by atoms with E-state index in [1.807, 2.05) is 12.1 Å². The van der Waals surface area contributed by atoms with E-state index in [4.69, 9.17) is 4.74 Å². The van der Waals surface area contributed by atoms with Gasteiger partial charge in [-0.25, -0.2) is 0 Å². The highest BCUT2D eigenvalue weighted by Crippen LogP contribution is 2.23. The average Bonchev–Trinajstić information content (AvgIpc) is 3.11. The number of carbonyl (C=O) groups excluding carboxylic acids is 1. The molecule has 1 N–H and O–H groups in total. The third-order valence-corrected chi connectivity index (χ3v) is 4.95. The monoisotopic (exact) mass is 361 g/mol. The number of amides is 1. The fourth-order valence-electron chi connectivity index (χ4n) is 2.94. The summed E-state index contributed by atoms with van der Waals surface area (Å²) >= 11 is 1.34. The van der Waals surface area contributed by atoms with E-state index in [0.717, 1.165) is 29.2 Å². The van der Waals surface area contributed by atoms with Crippen LogP contribution in [0.1, 0.15) is 41.9 Å². The molecule has 1 fully saturated rings. The van der Waals surface area contributed by atoms with Gasteiger partial charge < -0.3 is 10.1 Å². The maximum absolute atomic E-state index is 13.0. The molecule has 0 saturated carbocycles. The number of carbonyl (C=O) groups is 1. The van der Waals surface area contributed by atoms with E-state index >= 15 is 0 Å². The highest BCUT2D eigenvalue weighted by atomic mass is 32.1. The van der Waals surface area contributed by atoms with Gasteiger partial charge in [-0.15, -0.1) is 5.10 Å². The van der Waals surface area contributed by atoms with E-state index in [2.05, 4.69) is 38.6 Å². The Bertz CT molecular complexity index is 685. The van der Waals surface area contributed by atoms with Crippen molar-refractivity contribution >= 4 is 17.4 Å². The minimum atomic E-state index is -0.360. The molecule has 3 rings (SSSR count). The second kappa shape index (κ2) is 8.46. The van der Waals surface area contributed by atoms with Crippen LogP contribution in [-0.4, -0.2) is 51.7 Å². The fraction of sp³-hybridized carbons (Fsp3) is 0.529. The summed E-state index contributed by atoms with van der Waals surface area (Å²) in [4.78, 5) is 20.3. The van der Waals surface area contributed by atoms with Gasteiger partial charge in [0.1, 0.15) is 6.04 Å². The number of nitrogens with zero attached hydrogens (tertiary/aromatic N) is 4. The molecule has 0 bridgehead atoms. The second-order valence-corrected chi connectivity index (χ2v) is 7.13. The van der Waals surface area contributed by atoms with Crippen LogP contribution in [0.2, 0.25) is 0 Å². The Morgan fingerprint density at radius 1 is 1.40 bits per heavy atom. The maximum atomic E-state index is 13.0. The molecule has 1 amide bonds. The van der Waals surface area contributed by atoms with Gasteiger partial charge in [-0.1, -0.05) is 24.4 Å². The molecule has 1 aliphatic heterocycles. The molecule has 1 aliphatic rings. The number of morpholine rings is 1. The van der Waals surface area contributed by atoms with Crippen LogP contribution in [0.4, 0.5) is 0 Å². The lowest BCUT2D eigenvalue weighted by Crippen LogP contribution is -2.45. The summed E-state index contributed by atoms with van der Waals surface area (Å²) < 4.78 is 9.44. The quantitative estimate of drug-likeness (QED) is 0.844. The van der Waals surface area contributed by atoms with Gasteiger partial charge in [0.15, 0.2) is 0 Å². The first-order valence-corrected chi connectivity index (χ1v) is 9.24. The Balaban J connectivity index is 1.73. The molecule has 0 aromatic carbocycles. The van der Waals surface area contributed by atoms with Gasteiger partial charge in [0, 0.05) is 25.5 Å². The molecular formula is C17H23N5O2S. The van der Waals surface area contributed by atoms with E-state index in [1.54, 1.807) is 12.4 Å². The Labute approximate surface area is 151 Å². The van der Waals surface area contributed by atoms with E-state index in [0.29, 0.717) is 25.7 Å². The first kappa shape index (κ1) is 17.9. The van der Waals surface area contributed by atoms with Crippen LogP contribution < -0.4 is 5.32 Å². The van der Waals surface area contributed by atoms with Crippen LogP contribution in [-0.2, 0) is 16.1 Å². The van der Waals surface area contributed by atoms with Crippen molar-refractivity contribution in [3.8, 4) is 0 Å². The summed E-state index contributed by atoms with van der Waals surface area (Å²) in [5.74, 6) is 0.261. The third-order valence-electron chi connectivity index (χ3n) is 4.21. The zero-order chi connectivity index (χ0) is 17.6. The average molecular weight is 361 g/mol. The Kier molecular flexibility index (Phi) is 6.06. The maximum Gasteiger partial charge on any atom is 0.242 e. The van der Waals surface area contributed by atoms with Crippen LogP contribution >= 0.6 is 11.5 Å². The molecule has 1 atom stereocenters. The van der Waals surface area contributed by atoms with Gasteiger partial charge in [-0.05, 0) is 29.1 Å². The SMILES string of the molecule is CC(C)c1nnsc1CNC(=O)[C@@H](c1cccnc1)N1CCOCC1. The van der Waals surface area contributed by atoms with E-state index in [1.165, 1.54) is 11.5 Å². The number of rotatable bonds is 6. The molecule has 0 radical (unpaired) electrons.